The first-order chi connectivity index (χ1) is 21.0. The van der Waals surface area contributed by atoms with Crippen molar-refractivity contribution in [1.82, 2.24) is 10.2 Å². The summed E-state index contributed by atoms with van der Waals surface area (Å²) < 4.78 is 28.7. The number of rotatable bonds is 12. The summed E-state index contributed by atoms with van der Waals surface area (Å²) in [6, 6.07) is 25.2. The second kappa shape index (κ2) is 14.3. The molecule has 13 heteroatoms. The maximum Gasteiger partial charge on any atom is 0.269 e. The molecule has 10 nitrogen and oxygen atoms in total. The lowest BCUT2D eigenvalue weighted by Gasteiger charge is -2.33. The van der Waals surface area contributed by atoms with E-state index in [2.05, 4.69) is 5.32 Å². The molecule has 4 rings (SSSR count). The summed E-state index contributed by atoms with van der Waals surface area (Å²) in [5.74, 6) is -1.16. The summed E-state index contributed by atoms with van der Waals surface area (Å²) in [5, 5.41) is 14.4. The average Bonchev–Trinajstić information content (AvgIpc) is 3.03. The number of hydrogen-bond acceptors (Lipinski definition) is 6. The van der Waals surface area contributed by atoms with Gasteiger partial charge in [0.15, 0.2) is 0 Å². The molecule has 0 aliphatic rings. The number of carbonyl (C=O) groups excluding carboxylic acids is 2. The number of nitrogens with one attached hydrogen (secondary N) is 1. The lowest BCUT2D eigenvalue weighted by Crippen LogP contribution is -2.53. The molecule has 0 saturated carbocycles. The van der Waals surface area contributed by atoms with Crippen molar-refractivity contribution in [1.29, 1.82) is 0 Å². The van der Waals surface area contributed by atoms with Crippen molar-refractivity contribution in [3.05, 3.63) is 134 Å². The zero-order valence-corrected chi connectivity index (χ0v) is 25.8. The van der Waals surface area contributed by atoms with E-state index in [4.69, 9.17) is 23.2 Å². The first kappa shape index (κ1) is 32.5. The molecule has 0 saturated heterocycles. The number of likely N-dealkylation sites (N-methyl/N-ethyl adjacent to an activating group) is 1. The number of halogens is 2. The van der Waals surface area contributed by atoms with E-state index in [-0.39, 0.29) is 34.3 Å². The summed E-state index contributed by atoms with van der Waals surface area (Å²) in [4.78, 5) is 39.4. The second-order valence-electron chi connectivity index (χ2n) is 9.69. The minimum absolute atomic E-state index is 0.0295. The Balaban J connectivity index is 1.80. The van der Waals surface area contributed by atoms with E-state index in [1.165, 1.54) is 36.2 Å². The van der Waals surface area contributed by atoms with Crippen LogP contribution in [0.3, 0.4) is 0 Å². The van der Waals surface area contributed by atoms with E-state index in [1.54, 1.807) is 36.4 Å². The van der Waals surface area contributed by atoms with Gasteiger partial charge in [-0.15, -0.1) is 0 Å². The molecule has 2 amide bonds. The van der Waals surface area contributed by atoms with Gasteiger partial charge in [-0.25, -0.2) is 8.42 Å². The normalized spacial score (nSPS) is 11.8. The highest BCUT2D eigenvalue weighted by atomic mass is 35.5. The van der Waals surface area contributed by atoms with Crippen LogP contribution in [0.5, 0.6) is 0 Å². The molecule has 0 bridgehead atoms. The molecule has 228 valence electrons. The van der Waals surface area contributed by atoms with Crippen molar-refractivity contribution in [2.75, 3.05) is 17.9 Å². The number of benzene rings is 4. The Morgan fingerprint density at radius 3 is 2.05 bits per heavy atom. The standard InChI is InChI=1S/C31H28Cl2N4O6S/c1-34-31(39)29(19-22-8-4-2-5-9-22)35(20-23-12-17-27(32)28(33)18-23)30(38)21-36(24-13-15-25(16-14-24)37(40)41)44(42,43)26-10-6-3-7-11-26/h2-18,29H,19-21H2,1H3,(H,34,39)/t29-/m1/s1. The van der Waals surface area contributed by atoms with E-state index in [1.807, 2.05) is 30.3 Å². The molecule has 0 spiro atoms. The van der Waals surface area contributed by atoms with Gasteiger partial charge in [0.2, 0.25) is 11.8 Å². The maximum atomic E-state index is 14.3. The molecule has 1 atom stereocenters. The van der Waals surface area contributed by atoms with Crippen LogP contribution in [0.15, 0.2) is 108 Å². The van der Waals surface area contributed by atoms with Crippen LogP contribution in [0.4, 0.5) is 11.4 Å². The van der Waals surface area contributed by atoms with E-state index >= 15 is 0 Å². The molecule has 0 aromatic heterocycles. The molecule has 4 aromatic rings. The monoisotopic (exact) mass is 654 g/mol. The Hall–Kier alpha value is -4.45. The largest absolute Gasteiger partial charge is 0.357 e. The average molecular weight is 656 g/mol. The van der Waals surface area contributed by atoms with Gasteiger partial charge in [0, 0.05) is 32.1 Å². The zero-order valence-electron chi connectivity index (χ0n) is 23.5. The minimum atomic E-state index is -4.33. The van der Waals surface area contributed by atoms with Gasteiger partial charge in [0.05, 0.1) is 25.6 Å². The van der Waals surface area contributed by atoms with Gasteiger partial charge < -0.3 is 10.2 Å². The molecule has 0 radical (unpaired) electrons. The van der Waals surface area contributed by atoms with Crippen LogP contribution in [-0.2, 0) is 32.6 Å². The van der Waals surface area contributed by atoms with Gasteiger partial charge in [-0.2, -0.15) is 0 Å². The number of amides is 2. The van der Waals surface area contributed by atoms with Gasteiger partial charge in [0.25, 0.3) is 15.7 Å². The quantitative estimate of drug-likeness (QED) is 0.159. The van der Waals surface area contributed by atoms with Gasteiger partial charge in [0.1, 0.15) is 12.6 Å². The highest BCUT2D eigenvalue weighted by molar-refractivity contribution is 7.92. The van der Waals surface area contributed by atoms with Crippen LogP contribution in [0.1, 0.15) is 11.1 Å². The molecular weight excluding hydrogens is 627 g/mol. The summed E-state index contributed by atoms with van der Waals surface area (Å²) >= 11 is 12.4. The van der Waals surface area contributed by atoms with Crippen molar-refractivity contribution < 1.29 is 22.9 Å². The molecule has 4 aromatic carbocycles. The minimum Gasteiger partial charge on any atom is -0.357 e. The molecule has 0 fully saturated rings. The first-order valence-electron chi connectivity index (χ1n) is 13.3. The van der Waals surface area contributed by atoms with Crippen LogP contribution in [0, 0.1) is 10.1 Å². The van der Waals surface area contributed by atoms with Crippen LogP contribution in [0.25, 0.3) is 0 Å². The van der Waals surface area contributed by atoms with Crippen molar-refractivity contribution in [2.24, 2.45) is 0 Å². The van der Waals surface area contributed by atoms with Crippen molar-refractivity contribution in [2.45, 2.75) is 23.9 Å². The Morgan fingerprint density at radius 2 is 1.48 bits per heavy atom. The first-order valence-corrected chi connectivity index (χ1v) is 15.5. The van der Waals surface area contributed by atoms with Crippen molar-refractivity contribution in [3.63, 3.8) is 0 Å². The molecule has 0 heterocycles. The van der Waals surface area contributed by atoms with Crippen LogP contribution >= 0.6 is 23.2 Å². The lowest BCUT2D eigenvalue weighted by atomic mass is 10.0. The van der Waals surface area contributed by atoms with Gasteiger partial charge in [-0.05, 0) is 47.5 Å². The van der Waals surface area contributed by atoms with E-state index in [0.29, 0.717) is 10.6 Å². The van der Waals surface area contributed by atoms with E-state index in [0.717, 1.165) is 22.0 Å². The molecule has 0 aliphatic carbocycles. The summed E-state index contributed by atoms with van der Waals surface area (Å²) in [5.41, 5.74) is 1.11. The number of carbonyl (C=O) groups is 2. The highest BCUT2D eigenvalue weighted by Crippen LogP contribution is 2.28. The molecule has 1 N–H and O–H groups in total. The Kier molecular flexibility index (Phi) is 10.6. The van der Waals surface area contributed by atoms with Crippen molar-refractivity contribution in [3.8, 4) is 0 Å². The number of sulfonamides is 1. The number of nitro benzene ring substituents is 1. The van der Waals surface area contributed by atoms with Gasteiger partial charge >= 0.3 is 0 Å². The Labute approximate surface area is 265 Å². The highest BCUT2D eigenvalue weighted by Gasteiger charge is 2.34. The second-order valence-corrected chi connectivity index (χ2v) is 12.4. The number of anilines is 1. The third-order valence-electron chi connectivity index (χ3n) is 6.81. The number of nitro groups is 1. The van der Waals surface area contributed by atoms with Crippen molar-refractivity contribution >= 4 is 56.4 Å². The summed E-state index contributed by atoms with van der Waals surface area (Å²) in [6.07, 6.45) is 0.135. The fourth-order valence-corrected chi connectivity index (χ4v) is 6.30. The van der Waals surface area contributed by atoms with E-state index < -0.39 is 39.3 Å². The van der Waals surface area contributed by atoms with Gasteiger partial charge in [-0.3, -0.25) is 24.0 Å². The molecule has 44 heavy (non-hydrogen) atoms. The smallest absolute Gasteiger partial charge is 0.269 e. The Morgan fingerprint density at radius 1 is 0.864 bits per heavy atom. The summed E-state index contributed by atoms with van der Waals surface area (Å²) in [6.45, 7) is -0.807. The SMILES string of the molecule is CNC(=O)[C@@H](Cc1ccccc1)N(Cc1ccc(Cl)c(Cl)c1)C(=O)CN(c1ccc([N+](=O)[O-])cc1)S(=O)(=O)c1ccccc1. The number of hydrogen-bond donors (Lipinski definition) is 1. The number of non-ortho nitro benzene ring substituents is 1. The van der Waals surface area contributed by atoms with Crippen LogP contribution in [0.2, 0.25) is 10.0 Å². The third kappa shape index (κ3) is 7.73. The fourth-order valence-electron chi connectivity index (χ4n) is 4.54. The summed E-state index contributed by atoms with van der Waals surface area (Å²) in [7, 11) is -2.88. The predicted molar refractivity (Wildman–Crippen MR) is 169 cm³/mol. The lowest BCUT2D eigenvalue weighted by molar-refractivity contribution is -0.384. The molecular formula is C31H28Cl2N4O6S. The van der Waals surface area contributed by atoms with Gasteiger partial charge in [-0.1, -0.05) is 77.8 Å². The van der Waals surface area contributed by atoms with Crippen LogP contribution in [-0.4, -0.2) is 49.7 Å². The maximum absolute atomic E-state index is 14.3. The zero-order chi connectivity index (χ0) is 31.9. The predicted octanol–water partition coefficient (Wildman–Crippen LogP) is 5.48. The molecule has 0 unspecified atom stereocenters. The van der Waals surface area contributed by atoms with E-state index in [9.17, 15) is 28.1 Å². The third-order valence-corrected chi connectivity index (χ3v) is 9.34. The topological polar surface area (TPSA) is 130 Å². The fraction of sp³-hybridized carbons (Fsp3) is 0.161. The Bertz CT molecular complexity index is 1740. The number of nitrogens with zero attached hydrogens (tertiary/aromatic N) is 3. The molecule has 0 aliphatic heterocycles. The van der Waals surface area contributed by atoms with Crippen LogP contribution < -0.4 is 9.62 Å².